The Hall–Kier alpha value is -2.83. The number of benzene rings is 2. The number of aromatic amines is 1. The van der Waals surface area contributed by atoms with Crippen molar-refractivity contribution >= 4 is 51.5 Å². The lowest BCUT2D eigenvalue weighted by Gasteiger charge is -2.22. The van der Waals surface area contributed by atoms with Gasteiger partial charge in [-0.15, -0.1) is 0 Å². The van der Waals surface area contributed by atoms with Crippen LogP contribution >= 0.6 is 23.2 Å². The predicted octanol–water partition coefficient (Wildman–Crippen LogP) is 4.33. The molecule has 0 atom stereocenters. The van der Waals surface area contributed by atoms with E-state index < -0.39 is 11.8 Å². The van der Waals surface area contributed by atoms with Crippen molar-refractivity contribution in [1.82, 2.24) is 9.88 Å². The lowest BCUT2D eigenvalue weighted by atomic mass is 10.1. The van der Waals surface area contributed by atoms with Crippen LogP contribution in [0.15, 0.2) is 53.3 Å². The lowest BCUT2D eigenvalue weighted by Crippen LogP contribution is -2.39. The van der Waals surface area contributed by atoms with Crippen LogP contribution < -0.4 is 10.9 Å². The van der Waals surface area contributed by atoms with Gasteiger partial charge in [-0.2, -0.15) is 0 Å². The monoisotopic (exact) mass is 431 g/mol. The minimum absolute atomic E-state index is 0.138. The summed E-state index contributed by atoms with van der Waals surface area (Å²) in [6, 6.07) is 13.4. The Morgan fingerprint density at radius 1 is 1.10 bits per heavy atom. The zero-order valence-electron chi connectivity index (χ0n) is 15.7. The minimum atomic E-state index is -0.424. The summed E-state index contributed by atoms with van der Waals surface area (Å²) in [4.78, 5) is 41.7. The third-order valence-electron chi connectivity index (χ3n) is 4.30. The number of hydrogen-bond acceptors (Lipinski definition) is 3. The molecule has 3 rings (SSSR count). The highest BCUT2D eigenvalue weighted by molar-refractivity contribution is 6.36. The molecule has 0 spiro atoms. The fourth-order valence-electron chi connectivity index (χ4n) is 2.97. The number of rotatable bonds is 6. The first kappa shape index (κ1) is 20.9. The van der Waals surface area contributed by atoms with E-state index in [2.05, 4.69) is 10.3 Å². The van der Waals surface area contributed by atoms with E-state index >= 15 is 0 Å². The standard InChI is InChI=1S/C21H19Cl2N3O3/c1-2-9-26(12-19(27)24-17-8-7-14(22)11-16(17)23)21(29)18-10-13-5-3-4-6-15(13)20(28)25-18/h3-8,10-11H,2,9,12H2,1H3,(H,24,27)(H,25,28). The molecule has 0 aliphatic carbocycles. The summed E-state index contributed by atoms with van der Waals surface area (Å²) in [5.74, 6) is -0.828. The molecular weight excluding hydrogens is 413 g/mol. The van der Waals surface area contributed by atoms with Gasteiger partial charge in [-0.3, -0.25) is 14.4 Å². The van der Waals surface area contributed by atoms with Gasteiger partial charge in [0.1, 0.15) is 12.2 Å². The first-order valence-corrected chi connectivity index (χ1v) is 9.81. The van der Waals surface area contributed by atoms with Crippen molar-refractivity contribution in [1.29, 1.82) is 0 Å². The van der Waals surface area contributed by atoms with Gasteiger partial charge in [0, 0.05) is 17.0 Å². The molecule has 150 valence electrons. The molecule has 2 amide bonds. The number of anilines is 1. The van der Waals surface area contributed by atoms with Gasteiger partial charge in [0.2, 0.25) is 5.91 Å². The number of nitrogens with one attached hydrogen (secondary N) is 2. The number of fused-ring (bicyclic) bond motifs is 1. The van der Waals surface area contributed by atoms with E-state index in [0.29, 0.717) is 39.5 Å². The highest BCUT2D eigenvalue weighted by Crippen LogP contribution is 2.25. The van der Waals surface area contributed by atoms with E-state index in [0.717, 1.165) is 0 Å². The first-order valence-electron chi connectivity index (χ1n) is 9.05. The van der Waals surface area contributed by atoms with Gasteiger partial charge in [0.25, 0.3) is 11.5 Å². The largest absolute Gasteiger partial charge is 0.328 e. The van der Waals surface area contributed by atoms with E-state index in [9.17, 15) is 14.4 Å². The maximum absolute atomic E-state index is 13.0. The van der Waals surface area contributed by atoms with Crippen LogP contribution in [0.4, 0.5) is 5.69 Å². The molecule has 3 aromatic rings. The molecule has 0 aliphatic rings. The molecule has 0 bridgehead atoms. The van der Waals surface area contributed by atoms with Crippen molar-refractivity contribution in [3.63, 3.8) is 0 Å². The van der Waals surface area contributed by atoms with Crippen molar-refractivity contribution in [2.45, 2.75) is 13.3 Å². The van der Waals surface area contributed by atoms with Crippen LogP contribution in [0.5, 0.6) is 0 Å². The molecule has 1 heterocycles. The van der Waals surface area contributed by atoms with Crippen LogP contribution in [-0.4, -0.2) is 34.8 Å². The smallest absolute Gasteiger partial charge is 0.270 e. The van der Waals surface area contributed by atoms with E-state index in [-0.39, 0.29) is 17.8 Å². The summed E-state index contributed by atoms with van der Waals surface area (Å²) in [5, 5.41) is 4.60. The zero-order chi connectivity index (χ0) is 21.0. The van der Waals surface area contributed by atoms with Crippen molar-refractivity contribution in [3.8, 4) is 0 Å². The summed E-state index contributed by atoms with van der Waals surface area (Å²) in [5.41, 5.74) is 0.198. The van der Waals surface area contributed by atoms with Crippen LogP contribution in [0.25, 0.3) is 10.8 Å². The number of aromatic nitrogens is 1. The number of hydrogen-bond donors (Lipinski definition) is 2. The van der Waals surface area contributed by atoms with Gasteiger partial charge in [0.15, 0.2) is 0 Å². The van der Waals surface area contributed by atoms with Crippen LogP contribution in [-0.2, 0) is 4.79 Å². The summed E-state index contributed by atoms with van der Waals surface area (Å²) in [7, 11) is 0. The van der Waals surface area contributed by atoms with Gasteiger partial charge >= 0.3 is 0 Å². The number of carbonyl (C=O) groups is 2. The lowest BCUT2D eigenvalue weighted by molar-refractivity contribution is -0.116. The highest BCUT2D eigenvalue weighted by Gasteiger charge is 2.20. The van der Waals surface area contributed by atoms with Gasteiger partial charge in [0.05, 0.1) is 10.7 Å². The van der Waals surface area contributed by atoms with Crippen LogP contribution in [0, 0.1) is 0 Å². The number of nitrogens with zero attached hydrogens (tertiary/aromatic N) is 1. The number of pyridine rings is 1. The Balaban J connectivity index is 1.81. The fraction of sp³-hybridized carbons (Fsp3) is 0.190. The molecule has 6 nitrogen and oxygen atoms in total. The number of H-pyrrole nitrogens is 1. The van der Waals surface area contributed by atoms with Crippen molar-refractivity contribution in [3.05, 3.63) is 74.6 Å². The Labute approximate surface area is 177 Å². The number of halogens is 2. The molecular formula is C21H19Cl2N3O3. The van der Waals surface area contributed by atoms with Crippen molar-refractivity contribution in [2.24, 2.45) is 0 Å². The molecule has 0 fully saturated rings. The third kappa shape index (κ3) is 4.96. The quantitative estimate of drug-likeness (QED) is 0.609. The Kier molecular flexibility index (Phi) is 6.56. The van der Waals surface area contributed by atoms with Gasteiger partial charge < -0.3 is 15.2 Å². The average Bonchev–Trinajstić information content (AvgIpc) is 2.69. The maximum atomic E-state index is 13.0. The topological polar surface area (TPSA) is 82.3 Å². The summed E-state index contributed by atoms with van der Waals surface area (Å²) >= 11 is 11.9. The Morgan fingerprint density at radius 2 is 1.86 bits per heavy atom. The SMILES string of the molecule is CCCN(CC(=O)Nc1ccc(Cl)cc1Cl)C(=O)c1cc2ccccc2c(=O)[nH]1. The molecule has 0 aliphatic heterocycles. The molecule has 2 N–H and O–H groups in total. The van der Waals surface area contributed by atoms with Crippen LogP contribution in [0.1, 0.15) is 23.8 Å². The molecule has 0 unspecified atom stereocenters. The Morgan fingerprint density at radius 3 is 2.59 bits per heavy atom. The fourth-order valence-corrected chi connectivity index (χ4v) is 3.43. The van der Waals surface area contributed by atoms with Crippen molar-refractivity contribution < 1.29 is 9.59 Å². The number of amides is 2. The Bertz CT molecular complexity index is 1130. The second-order valence-corrected chi connectivity index (χ2v) is 7.34. The van der Waals surface area contributed by atoms with Gasteiger partial charge in [-0.1, -0.05) is 48.3 Å². The average molecular weight is 432 g/mol. The van der Waals surface area contributed by atoms with E-state index in [4.69, 9.17) is 23.2 Å². The van der Waals surface area contributed by atoms with E-state index in [1.807, 2.05) is 6.92 Å². The normalized spacial score (nSPS) is 10.7. The maximum Gasteiger partial charge on any atom is 0.270 e. The second-order valence-electron chi connectivity index (χ2n) is 6.50. The second kappa shape index (κ2) is 9.11. The summed E-state index contributed by atoms with van der Waals surface area (Å²) < 4.78 is 0. The third-order valence-corrected chi connectivity index (χ3v) is 4.85. The van der Waals surface area contributed by atoms with Gasteiger partial charge in [-0.05, 0) is 42.1 Å². The minimum Gasteiger partial charge on any atom is -0.328 e. The molecule has 2 aromatic carbocycles. The van der Waals surface area contributed by atoms with Crippen LogP contribution in [0.2, 0.25) is 10.0 Å². The molecule has 0 saturated heterocycles. The zero-order valence-corrected chi connectivity index (χ0v) is 17.2. The van der Waals surface area contributed by atoms with Gasteiger partial charge in [-0.25, -0.2) is 0 Å². The summed E-state index contributed by atoms with van der Waals surface area (Å²) in [6.07, 6.45) is 0.651. The van der Waals surface area contributed by atoms with E-state index in [1.165, 1.54) is 11.0 Å². The van der Waals surface area contributed by atoms with E-state index in [1.54, 1.807) is 42.5 Å². The van der Waals surface area contributed by atoms with Crippen LogP contribution in [0.3, 0.4) is 0 Å². The molecule has 1 aromatic heterocycles. The predicted molar refractivity (Wildman–Crippen MR) is 116 cm³/mol. The number of carbonyl (C=O) groups excluding carboxylic acids is 2. The molecule has 29 heavy (non-hydrogen) atoms. The van der Waals surface area contributed by atoms with Crippen molar-refractivity contribution in [2.75, 3.05) is 18.4 Å². The summed E-state index contributed by atoms with van der Waals surface area (Å²) in [6.45, 7) is 2.08. The highest BCUT2D eigenvalue weighted by atomic mass is 35.5. The molecule has 0 radical (unpaired) electrons. The molecule has 0 saturated carbocycles. The molecule has 8 heteroatoms. The first-order chi connectivity index (χ1) is 13.9.